The smallest absolute Gasteiger partial charge is 0.212 e. The highest BCUT2D eigenvalue weighted by Crippen LogP contribution is 2.39. The lowest BCUT2D eigenvalue weighted by Crippen LogP contribution is -2.40. The summed E-state index contributed by atoms with van der Waals surface area (Å²) in [7, 11) is -1.64. The topological polar surface area (TPSA) is 46.6 Å². The lowest BCUT2D eigenvalue weighted by atomic mass is 9.89. The second kappa shape index (κ2) is 5.74. The fraction of sp³-hybridized carbons (Fsp3) is 0.294. The minimum Gasteiger partial charge on any atom is -0.496 e. The number of fused-ring (bicyclic) bond motifs is 1. The van der Waals surface area contributed by atoms with Crippen LogP contribution in [-0.2, 0) is 16.4 Å². The van der Waals surface area contributed by atoms with Crippen LogP contribution >= 0.6 is 0 Å². The molecule has 1 unspecified atom stereocenters. The van der Waals surface area contributed by atoms with E-state index in [2.05, 4.69) is 0 Å². The van der Waals surface area contributed by atoms with Gasteiger partial charge >= 0.3 is 0 Å². The predicted molar refractivity (Wildman–Crippen MR) is 86.5 cm³/mol. The average Bonchev–Trinajstić information content (AvgIpc) is 2.53. The Bertz CT molecular complexity index is 772. The molecule has 0 aliphatic carbocycles. The lowest BCUT2D eigenvalue weighted by Gasteiger charge is -2.36. The fourth-order valence-corrected chi connectivity index (χ4v) is 4.18. The molecular weight excluding hydrogens is 298 g/mol. The third-order valence-electron chi connectivity index (χ3n) is 4.10. The van der Waals surface area contributed by atoms with Crippen LogP contribution in [0.5, 0.6) is 5.75 Å². The normalized spacial score (nSPS) is 18.7. The van der Waals surface area contributed by atoms with Crippen LogP contribution in [-0.4, -0.2) is 32.6 Å². The highest BCUT2D eigenvalue weighted by molar-refractivity contribution is 7.88. The van der Waals surface area contributed by atoms with Gasteiger partial charge in [0.05, 0.1) is 19.4 Å². The Morgan fingerprint density at radius 1 is 1.09 bits per heavy atom. The second-order valence-electron chi connectivity index (χ2n) is 5.46. The molecule has 2 aromatic rings. The Morgan fingerprint density at radius 2 is 1.82 bits per heavy atom. The van der Waals surface area contributed by atoms with E-state index in [9.17, 15) is 8.42 Å². The van der Waals surface area contributed by atoms with Gasteiger partial charge in [0.1, 0.15) is 5.75 Å². The van der Waals surface area contributed by atoms with Crippen LogP contribution in [0, 0.1) is 0 Å². The first-order valence-electron chi connectivity index (χ1n) is 7.20. The van der Waals surface area contributed by atoms with Crippen molar-refractivity contribution in [3.63, 3.8) is 0 Å². The summed E-state index contributed by atoms with van der Waals surface area (Å²) in [6.07, 6.45) is 1.93. The third-order valence-corrected chi connectivity index (χ3v) is 5.34. The minimum absolute atomic E-state index is 0.296. The van der Waals surface area contributed by atoms with Gasteiger partial charge in [-0.25, -0.2) is 8.42 Å². The summed E-state index contributed by atoms with van der Waals surface area (Å²) in [5, 5.41) is 0. The van der Waals surface area contributed by atoms with E-state index in [1.165, 1.54) is 6.26 Å². The number of hydrogen-bond acceptors (Lipinski definition) is 3. The molecule has 0 aromatic heterocycles. The summed E-state index contributed by atoms with van der Waals surface area (Å²) in [5.41, 5.74) is 3.07. The average molecular weight is 317 g/mol. The number of sulfonamides is 1. The molecule has 0 N–H and O–H groups in total. The fourth-order valence-electron chi connectivity index (χ4n) is 3.14. The van der Waals surface area contributed by atoms with Crippen LogP contribution in [0.1, 0.15) is 22.7 Å². The molecule has 0 saturated carbocycles. The molecule has 3 rings (SSSR count). The van der Waals surface area contributed by atoms with E-state index in [-0.39, 0.29) is 6.04 Å². The Morgan fingerprint density at radius 3 is 2.45 bits per heavy atom. The van der Waals surface area contributed by atoms with Crippen LogP contribution in [0.15, 0.2) is 48.5 Å². The zero-order chi connectivity index (χ0) is 15.7. The van der Waals surface area contributed by atoms with E-state index >= 15 is 0 Å². The Balaban J connectivity index is 2.20. The summed E-state index contributed by atoms with van der Waals surface area (Å²) >= 11 is 0. The molecule has 0 spiro atoms. The van der Waals surface area contributed by atoms with Crippen molar-refractivity contribution in [3.05, 3.63) is 65.2 Å². The Hall–Kier alpha value is -1.85. The van der Waals surface area contributed by atoms with Gasteiger partial charge in [-0.2, -0.15) is 4.31 Å². The molecule has 0 fully saturated rings. The number of hydrogen-bond donors (Lipinski definition) is 0. The molecule has 2 aromatic carbocycles. The van der Waals surface area contributed by atoms with Crippen molar-refractivity contribution in [1.82, 2.24) is 4.31 Å². The van der Waals surface area contributed by atoms with Crippen LogP contribution in [0.3, 0.4) is 0 Å². The molecule has 0 amide bonds. The molecule has 1 heterocycles. The molecule has 5 heteroatoms. The predicted octanol–water partition coefficient (Wildman–Crippen LogP) is 2.60. The molecule has 1 aliphatic rings. The molecule has 1 aliphatic heterocycles. The van der Waals surface area contributed by atoms with Crippen molar-refractivity contribution < 1.29 is 13.2 Å². The Kier molecular flexibility index (Phi) is 3.93. The van der Waals surface area contributed by atoms with Crippen molar-refractivity contribution in [1.29, 1.82) is 0 Å². The maximum absolute atomic E-state index is 12.2. The number of nitrogens with zero attached hydrogens (tertiary/aromatic N) is 1. The standard InChI is InChI=1S/C17H19NO3S/c1-21-16-10-6-9-15-14(16)11-12-18(22(2,19)20)17(15)13-7-4-3-5-8-13/h3-10,17H,11-12H2,1-2H3. The van der Waals surface area contributed by atoms with Gasteiger partial charge in [0.2, 0.25) is 10.0 Å². The summed E-state index contributed by atoms with van der Waals surface area (Å²) in [6, 6.07) is 15.3. The number of methoxy groups -OCH3 is 1. The van der Waals surface area contributed by atoms with Crippen molar-refractivity contribution in [2.45, 2.75) is 12.5 Å². The lowest BCUT2D eigenvalue weighted by molar-refractivity contribution is 0.336. The number of rotatable bonds is 3. The molecule has 22 heavy (non-hydrogen) atoms. The number of benzene rings is 2. The van der Waals surface area contributed by atoms with E-state index in [0.29, 0.717) is 13.0 Å². The molecule has 0 bridgehead atoms. The zero-order valence-corrected chi connectivity index (χ0v) is 13.5. The van der Waals surface area contributed by atoms with Gasteiger partial charge < -0.3 is 4.74 Å². The van der Waals surface area contributed by atoms with Gasteiger partial charge in [0, 0.05) is 12.1 Å². The first kappa shape index (κ1) is 15.1. The van der Waals surface area contributed by atoms with Gasteiger partial charge in [-0.3, -0.25) is 0 Å². The summed E-state index contributed by atoms with van der Waals surface area (Å²) in [5.74, 6) is 0.826. The molecule has 1 atom stereocenters. The first-order valence-corrected chi connectivity index (χ1v) is 9.04. The van der Waals surface area contributed by atoms with Crippen LogP contribution in [0.2, 0.25) is 0 Å². The molecule has 0 radical (unpaired) electrons. The van der Waals surface area contributed by atoms with E-state index < -0.39 is 10.0 Å². The van der Waals surface area contributed by atoms with Crippen LogP contribution in [0.25, 0.3) is 0 Å². The van der Waals surface area contributed by atoms with E-state index in [4.69, 9.17) is 4.74 Å². The zero-order valence-electron chi connectivity index (χ0n) is 12.7. The number of ether oxygens (including phenoxy) is 1. The molecular formula is C17H19NO3S. The third kappa shape index (κ3) is 2.62. The first-order chi connectivity index (χ1) is 10.5. The summed E-state index contributed by atoms with van der Waals surface area (Å²) in [6.45, 7) is 0.464. The van der Waals surface area contributed by atoms with E-state index in [1.807, 2.05) is 48.5 Å². The maximum atomic E-state index is 12.2. The SMILES string of the molecule is COc1cccc2c1CCN(S(C)(=O)=O)C2c1ccccc1. The monoisotopic (exact) mass is 317 g/mol. The second-order valence-corrected chi connectivity index (χ2v) is 7.40. The molecule has 116 valence electrons. The van der Waals surface area contributed by atoms with Crippen molar-refractivity contribution in [2.24, 2.45) is 0 Å². The minimum atomic E-state index is -3.29. The largest absolute Gasteiger partial charge is 0.496 e. The van der Waals surface area contributed by atoms with Crippen molar-refractivity contribution >= 4 is 10.0 Å². The Labute approximate surface area is 131 Å². The molecule has 4 nitrogen and oxygen atoms in total. The highest BCUT2D eigenvalue weighted by atomic mass is 32.2. The summed E-state index contributed by atoms with van der Waals surface area (Å²) in [4.78, 5) is 0. The van der Waals surface area contributed by atoms with Gasteiger partial charge in [-0.05, 0) is 23.6 Å². The summed E-state index contributed by atoms with van der Waals surface area (Å²) < 4.78 is 31.5. The molecule has 0 saturated heterocycles. The van der Waals surface area contributed by atoms with Gasteiger partial charge in [0.15, 0.2) is 0 Å². The van der Waals surface area contributed by atoms with Crippen molar-refractivity contribution in [2.75, 3.05) is 19.9 Å². The van der Waals surface area contributed by atoms with Crippen LogP contribution < -0.4 is 4.74 Å². The maximum Gasteiger partial charge on any atom is 0.212 e. The van der Waals surface area contributed by atoms with Gasteiger partial charge in [-0.15, -0.1) is 0 Å². The van der Waals surface area contributed by atoms with E-state index in [1.54, 1.807) is 11.4 Å². The van der Waals surface area contributed by atoms with Gasteiger partial charge in [0.25, 0.3) is 0 Å². The van der Waals surface area contributed by atoms with Crippen molar-refractivity contribution in [3.8, 4) is 5.75 Å². The van der Waals surface area contributed by atoms with Gasteiger partial charge in [-0.1, -0.05) is 42.5 Å². The van der Waals surface area contributed by atoms with Crippen LogP contribution in [0.4, 0.5) is 0 Å². The van der Waals surface area contributed by atoms with E-state index in [0.717, 1.165) is 22.4 Å². The highest BCUT2D eigenvalue weighted by Gasteiger charge is 2.35. The quantitative estimate of drug-likeness (QED) is 0.874.